The second-order valence-electron chi connectivity index (χ2n) is 7.87. The van der Waals surface area contributed by atoms with Gasteiger partial charge in [0.15, 0.2) is 5.82 Å². The number of rotatable bonds is 5. The van der Waals surface area contributed by atoms with E-state index in [0.717, 1.165) is 47.9 Å². The van der Waals surface area contributed by atoms with E-state index in [1.165, 1.54) is 6.42 Å². The van der Waals surface area contributed by atoms with Gasteiger partial charge in [0.25, 0.3) is 5.56 Å². The zero-order valence-corrected chi connectivity index (χ0v) is 17.2. The third-order valence-corrected chi connectivity index (χ3v) is 5.80. The number of anilines is 2. The van der Waals surface area contributed by atoms with Crippen molar-refractivity contribution in [2.75, 3.05) is 23.3 Å². The molecule has 2 N–H and O–H groups in total. The Hall–Kier alpha value is -3.68. The highest BCUT2D eigenvalue weighted by Crippen LogP contribution is 2.21. The molecule has 1 aliphatic heterocycles. The van der Waals surface area contributed by atoms with Crippen LogP contribution in [-0.2, 0) is 11.3 Å². The molecule has 31 heavy (non-hydrogen) atoms. The Morgan fingerprint density at radius 3 is 2.77 bits per heavy atom. The van der Waals surface area contributed by atoms with Crippen molar-refractivity contribution in [3.05, 3.63) is 59.0 Å². The lowest BCUT2D eigenvalue weighted by atomic mass is 10.1. The molecule has 0 atom stereocenters. The van der Waals surface area contributed by atoms with Gasteiger partial charge in [-0.1, -0.05) is 24.3 Å². The first-order valence-corrected chi connectivity index (χ1v) is 10.7. The van der Waals surface area contributed by atoms with Gasteiger partial charge in [0.05, 0.1) is 28.4 Å². The van der Waals surface area contributed by atoms with Gasteiger partial charge in [0.1, 0.15) is 0 Å². The Kier molecular flexibility index (Phi) is 5.11. The number of hydrogen-bond acceptors (Lipinski definition) is 5. The number of carbonyl (C=O) groups is 1. The van der Waals surface area contributed by atoms with Crippen LogP contribution in [0, 0.1) is 0 Å². The van der Waals surface area contributed by atoms with Gasteiger partial charge in [-0.25, -0.2) is 4.98 Å². The number of piperidine rings is 1. The van der Waals surface area contributed by atoms with Crippen LogP contribution in [0.1, 0.15) is 25.7 Å². The molecule has 0 bridgehead atoms. The Morgan fingerprint density at radius 2 is 1.90 bits per heavy atom. The molecule has 1 fully saturated rings. The van der Waals surface area contributed by atoms with Crippen molar-refractivity contribution < 1.29 is 4.79 Å². The molecule has 8 nitrogen and oxygen atoms in total. The van der Waals surface area contributed by atoms with Crippen molar-refractivity contribution in [3.63, 3.8) is 0 Å². The van der Waals surface area contributed by atoms with Crippen LogP contribution in [0.15, 0.2) is 53.5 Å². The predicted molar refractivity (Wildman–Crippen MR) is 121 cm³/mol. The average Bonchev–Trinajstić information content (AvgIpc) is 3.29. The fraction of sp³-hybridized carbons (Fsp3) is 0.304. The number of aromatic amines is 1. The minimum atomic E-state index is -0.158. The number of benzene rings is 2. The number of aryl methyl sites for hydroxylation is 1. The van der Waals surface area contributed by atoms with Crippen LogP contribution < -0.4 is 15.8 Å². The molecule has 1 amide bonds. The smallest absolute Gasteiger partial charge is 0.294 e. The number of para-hydroxylation sites is 3. The molecule has 2 aromatic carbocycles. The number of amides is 1. The Bertz CT molecular complexity index is 1300. The first kappa shape index (κ1) is 19.3. The summed E-state index contributed by atoms with van der Waals surface area (Å²) in [5.74, 6) is 0.329. The van der Waals surface area contributed by atoms with Gasteiger partial charge < -0.3 is 14.8 Å². The number of carbonyl (C=O) groups excluding carboxylic acids is 1. The standard InChI is InChI=1S/C23H24N6O2/c30-20(25-18-9-6-7-16-15-24-27-21(16)18)11-14-29-19-10-3-2-8-17(19)26-22(23(29)31)28-12-4-1-5-13-28/h2-3,6-10,15H,1,4-5,11-14H2,(H,24,27)(H,25,30). The maximum absolute atomic E-state index is 13.3. The molecule has 2 aromatic heterocycles. The first-order chi connectivity index (χ1) is 15.2. The summed E-state index contributed by atoms with van der Waals surface area (Å²) in [5, 5.41) is 10.8. The molecular formula is C23H24N6O2. The van der Waals surface area contributed by atoms with Gasteiger partial charge in [0.2, 0.25) is 5.91 Å². The third kappa shape index (κ3) is 3.76. The van der Waals surface area contributed by atoms with Crippen LogP contribution in [0.25, 0.3) is 21.9 Å². The maximum Gasteiger partial charge on any atom is 0.294 e. The molecule has 3 heterocycles. The van der Waals surface area contributed by atoms with E-state index in [1.54, 1.807) is 10.8 Å². The van der Waals surface area contributed by atoms with E-state index >= 15 is 0 Å². The van der Waals surface area contributed by atoms with Crippen molar-refractivity contribution >= 4 is 39.3 Å². The lowest BCUT2D eigenvalue weighted by molar-refractivity contribution is -0.116. The van der Waals surface area contributed by atoms with Crippen molar-refractivity contribution in [2.45, 2.75) is 32.2 Å². The normalized spacial score (nSPS) is 14.3. The van der Waals surface area contributed by atoms with E-state index in [9.17, 15) is 9.59 Å². The molecule has 0 saturated carbocycles. The Labute approximate surface area is 178 Å². The summed E-state index contributed by atoms with van der Waals surface area (Å²) in [6, 6.07) is 13.2. The fourth-order valence-corrected chi connectivity index (χ4v) is 4.21. The lowest BCUT2D eigenvalue weighted by Crippen LogP contribution is -2.37. The number of nitrogens with zero attached hydrogens (tertiary/aromatic N) is 4. The van der Waals surface area contributed by atoms with E-state index in [2.05, 4.69) is 25.4 Å². The third-order valence-electron chi connectivity index (χ3n) is 5.80. The highest BCUT2D eigenvalue weighted by atomic mass is 16.2. The van der Waals surface area contributed by atoms with Crippen LogP contribution in [0.5, 0.6) is 0 Å². The molecule has 8 heteroatoms. The van der Waals surface area contributed by atoms with Crippen LogP contribution in [0.3, 0.4) is 0 Å². The number of H-pyrrole nitrogens is 1. The monoisotopic (exact) mass is 416 g/mol. The summed E-state index contributed by atoms with van der Waals surface area (Å²) in [6.07, 6.45) is 5.21. The molecule has 0 spiro atoms. The summed E-state index contributed by atoms with van der Waals surface area (Å²) in [4.78, 5) is 32.7. The molecule has 1 aliphatic rings. The molecule has 1 saturated heterocycles. The maximum atomic E-state index is 13.3. The van der Waals surface area contributed by atoms with E-state index in [4.69, 9.17) is 0 Å². The summed E-state index contributed by atoms with van der Waals surface area (Å²) < 4.78 is 1.68. The highest BCUT2D eigenvalue weighted by molar-refractivity contribution is 6.00. The Morgan fingerprint density at radius 1 is 1.06 bits per heavy atom. The van der Waals surface area contributed by atoms with E-state index < -0.39 is 0 Å². The summed E-state index contributed by atoms with van der Waals surface area (Å²) in [5.41, 5.74) is 2.85. The molecule has 0 radical (unpaired) electrons. The molecule has 158 valence electrons. The van der Waals surface area contributed by atoms with Crippen molar-refractivity contribution in [2.24, 2.45) is 0 Å². The SMILES string of the molecule is O=C(CCn1c(=O)c(N2CCCCC2)nc2ccccc21)Nc1cccc2cn[nH]c12. The van der Waals surface area contributed by atoms with Crippen LogP contribution in [-0.4, -0.2) is 38.7 Å². The van der Waals surface area contributed by atoms with Crippen LogP contribution in [0.2, 0.25) is 0 Å². The topological polar surface area (TPSA) is 95.9 Å². The van der Waals surface area contributed by atoms with Gasteiger partial charge in [-0.3, -0.25) is 14.7 Å². The van der Waals surface area contributed by atoms with E-state index in [0.29, 0.717) is 11.5 Å². The average molecular weight is 416 g/mol. The molecule has 4 aromatic rings. The highest BCUT2D eigenvalue weighted by Gasteiger charge is 2.19. The molecular weight excluding hydrogens is 392 g/mol. The lowest BCUT2D eigenvalue weighted by Gasteiger charge is -2.27. The largest absolute Gasteiger partial charge is 0.352 e. The zero-order chi connectivity index (χ0) is 21.2. The van der Waals surface area contributed by atoms with E-state index in [-0.39, 0.29) is 24.4 Å². The van der Waals surface area contributed by atoms with Crippen molar-refractivity contribution in [1.29, 1.82) is 0 Å². The van der Waals surface area contributed by atoms with Gasteiger partial charge >= 0.3 is 0 Å². The molecule has 0 unspecified atom stereocenters. The number of aromatic nitrogens is 4. The first-order valence-electron chi connectivity index (χ1n) is 10.7. The second-order valence-corrected chi connectivity index (χ2v) is 7.87. The van der Waals surface area contributed by atoms with Gasteiger partial charge in [0, 0.05) is 31.4 Å². The zero-order valence-electron chi connectivity index (χ0n) is 17.2. The summed E-state index contributed by atoms with van der Waals surface area (Å²) in [7, 11) is 0. The second kappa shape index (κ2) is 8.22. The molecule has 5 rings (SSSR count). The van der Waals surface area contributed by atoms with Crippen LogP contribution in [0.4, 0.5) is 11.5 Å². The van der Waals surface area contributed by atoms with Crippen molar-refractivity contribution in [1.82, 2.24) is 19.7 Å². The fourth-order valence-electron chi connectivity index (χ4n) is 4.21. The Balaban J connectivity index is 1.41. The summed E-state index contributed by atoms with van der Waals surface area (Å²) in [6.45, 7) is 1.97. The van der Waals surface area contributed by atoms with Gasteiger partial charge in [-0.05, 0) is 37.5 Å². The number of hydrogen-bond donors (Lipinski definition) is 2. The van der Waals surface area contributed by atoms with Crippen molar-refractivity contribution in [3.8, 4) is 0 Å². The van der Waals surface area contributed by atoms with E-state index in [1.807, 2.05) is 42.5 Å². The van der Waals surface area contributed by atoms with Crippen LogP contribution >= 0.6 is 0 Å². The number of fused-ring (bicyclic) bond motifs is 2. The van der Waals surface area contributed by atoms with Gasteiger partial charge in [-0.2, -0.15) is 5.10 Å². The predicted octanol–water partition coefficient (Wildman–Crippen LogP) is 3.29. The molecule has 0 aliphatic carbocycles. The minimum absolute atomic E-state index is 0.135. The quantitative estimate of drug-likeness (QED) is 0.520. The van der Waals surface area contributed by atoms with Gasteiger partial charge in [-0.15, -0.1) is 0 Å². The number of nitrogens with one attached hydrogen (secondary N) is 2. The minimum Gasteiger partial charge on any atom is -0.352 e. The summed E-state index contributed by atoms with van der Waals surface area (Å²) >= 11 is 0.